The van der Waals surface area contributed by atoms with Crippen LogP contribution in [0.4, 0.5) is 0 Å². The van der Waals surface area contributed by atoms with Gasteiger partial charge in [0.25, 0.3) is 0 Å². The molecule has 20 heavy (non-hydrogen) atoms. The van der Waals surface area contributed by atoms with Gasteiger partial charge >= 0.3 is 5.97 Å². The molecule has 1 aliphatic heterocycles. The normalized spacial score (nSPS) is 36.6. The van der Waals surface area contributed by atoms with Gasteiger partial charge in [-0.05, 0) is 58.0 Å². The molecule has 2 saturated carbocycles. The van der Waals surface area contributed by atoms with Crippen LogP contribution in [0, 0.1) is 17.8 Å². The molecule has 0 amide bonds. The quantitative estimate of drug-likeness (QED) is 0.487. The molecule has 3 fully saturated rings. The van der Waals surface area contributed by atoms with E-state index in [-0.39, 0.29) is 11.9 Å². The van der Waals surface area contributed by atoms with E-state index < -0.39 is 0 Å². The van der Waals surface area contributed by atoms with Crippen molar-refractivity contribution in [2.24, 2.45) is 22.9 Å². The van der Waals surface area contributed by atoms with Crippen LogP contribution in [0.2, 0.25) is 0 Å². The van der Waals surface area contributed by atoms with Gasteiger partial charge in [0.1, 0.15) is 0 Å². The fourth-order valence-electron chi connectivity index (χ4n) is 4.35. The molecule has 0 unspecified atom stereocenters. The third kappa shape index (κ3) is 2.32. The lowest BCUT2D eigenvalue weighted by Crippen LogP contribution is -2.49. The van der Waals surface area contributed by atoms with Crippen LogP contribution in [0.3, 0.4) is 0 Å². The van der Waals surface area contributed by atoms with Gasteiger partial charge in [0, 0.05) is 5.92 Å². The molecule has 1 saturated heterocycles. The topological polar surface area (TPSA) is 62.1 Å². The van der Waals surface area contributed by atoms with Crippen LogP contribution in [0.15, 0.2) is 5.16 Å². The lowest BCUT2D eigenvalue weighted by atomic mass is 9.88. The van der Waals surface area contributed by atoms with Gasteiger partial charge in [-0.25, -0.2) is 0 Å². The van der Waals surface area contributed by atoms with Crippen LogP contribution >= 0.6 is 0 Å². The molecule has 0 aromatic carbocycles. The summed E-state index contributed by atoms with van der Waals surface area (Å²) in [6.45, 7) is 4.14. The minimum atomic E-state index is -0.0452. The first-order chi connectivity index (χ1) is 9.74. The van der Waals surface area contributed by atoms with Gasteiger partial charge in [-0.2, -0.15) is 0 Å². The number of hydrogen-bond acceptors (Lipinski definition) is 5. The molecule has 3 atom stereocenters. The monoisotopic (exact) mass is 280 g/mol. The molecule has 1 N–H and O–H groups in total. The molecule has 0 spiro atoms. The molecule has 3 aliphatic rings. The summed E-state index contributed by atoms with van der Waals surface area (Å²) in [5.41, 5.74) is 0.996. The summed E-state index contributed by atoms with van der Waals surface area (Å²) >= 11 is 0. The molecule has 1 heterocycles. The molecule has 0 aromatic rings. The summed E-state index contributed by atoms with van der Waals surface area (Å²) < 4.78 is 5.11. The summed E-state index contributed by atoms with van der Waals surface area (Å²) in [5.74, 6) is 1.17. The standard InChI is InChI=1S/C15H24N2O3/c1-2-20-15(18)10-5-7-17(8-6-10)14-12-4-3-11(9-12)13(14)16-19/h10-12,14,19H,2-9H2,1H3/b16-13-/t11-,12-,14-/m0/s1. The first-order valence-electron chi connectivity index (χ1n) is 7.87. The summed E-state index contributed by atoms with van der Waals surface area (Å²) in [5, 5.41) is 12.9. The molecule has 2 aliphatic carbocycles. The molecule has 5 nitrogen and oxygen atoms in total. The van der Waals surface area contributed by atoms with E-state index in [4.69, 9.17) is 4.74 Å². The summed E-state index contributed by atoms with van der Waals surface area (Å²) in [4.78, 5) is 14.2. The van der Waals surface area contributed by atoms with E-state index in [0.717, 1.165) is 31.6 Å². The zero-order valence-corrected chi connectivity index (χ0v) is 12.1. The molecule has 2 bridgehead atoms. The Balaban J connectivity index is 1.60. The van der Waals surface area contributed by atoms with Crippen molar-refractivity contribution in [2.45, 2.75) is 45.1 Å². The Bertz CT molecular complexity index is 402. The van der Waals surface area contributed by atoms with Crippen LogP contribution in [-0.4, -0.2) is 47.5 Å². The summed E-state index contributed by atoms with van der Waals surface area (Å²) in [6.07, 6.45) is 5.35. The summed E-state index contributed by atoms with van der Waals surface area (Å²) in [6, 6.07) is 0.321. The number of nitrogens with zero attached hydrogens (tertiary/aromatic N) is 2. The van der Waals surface area contributed by atoms with Crippen LogP contribution in [0.1, 0.15) is 39.0 Å². The number of rotatable bonds is 3. The molecular formula is C15H24N2O3. The predicted octanol–water partition coefficient (Wildman–Crippen LogP) is 1.89. The number of esters is 1. The number of fused-ring (bicyclic) bond motifs is 2. The Kier molecular flexibility index (Phi) is 3.96. The van der Waals surface area contributed by atoms with Crippen molar-refractivity contribution in [3.05, 3.63) is 0 Å². The number of hydrogen-bond donors (Lipinski definition) is 1. The molecule has 3 rings (SSSR count). The van der Waals surface area contributed by atoms with E-state index in [2.05, 4.69) is 10.1 Å². The van der Waals surface area contributed by atoms with Crippen LogP contribution in [0.5, 0.6) is 0 Å². The second-order valence-corrected chi connectivity index (χ2v) is 6.30. The first-order valence-corrected chi connectivity index (χ1v) is 7.87. The molecule has 112 valence electrons. The van der Waals surface area contributed by atoms with E-state index in [0.29, 0.717) is 24.5 Å². The molecule has 0 radical (unpaired) electrons. The van der Waals surface area contributed by atoms with Crippen LogP contribution < -0.4 is 0 Å². The third-order valence-corrected chi connectivity index (χ3v) is 5.30. The maximum atomic E-state index is 11.8. The number of carbonyl (C=O) groups excluding carboxylic acids is 1. The van der Waals surface area contributed by atoms with E-state index in [1.807, 2.05) is 6.92 Å². The average Bonchev–Trinajstić information content (AvgIpc) is 3.08. The Morgan fingerprint density at radius 1 is 1.35 bits per heavy atom. The summed E-state index contributed by atoms with van der Waals surface area (Å²) in [7, 11) is 0. The highest BCUT2D eigenvalue weighted by molar-refractivity contribution is 5.94. The van der Waals surface area contributed by atoms with Crippen LogP contribution in [-0.2, 0) is 9.53 Å². The van der Waals surface area contributed by atoms with Gasteiger partial charge in [-0.3, -0.25) is 9.69 Å². The maximum Gasteiger partial charge on any atom is 0.309 e. The van der Waals surface area contributed by atoms with Crippen molar-refractivity contribution in [3.8, 4) is 0 Å². The van der Waals surface area contributed by atoms with Gasteiger partial charge in [-0.1, -0.05) is 5.16 Å². The van der Waals surface area contributed by atoms with Crippen molar-refractivity contribution in [1.29, 1.82) is 0 Å². The molecular weight excluding hydrogens is 256 g/mol. The average molecular weight is 280 g/mol. The second kappa shape index (κ2) is 5.72. The van der Waals surface area contributed by atoms with Crippen molar-refractivity contribution in [1.82, 2.24) is 4.90 Å². The molecule has 0 aromatic heterocycles. The first kappa shape index (κ1) is 13.9. The number of piperidine rings is 1. The van der Waals surface area contributed by atoms with Crippen molar-refractivity contribution in [2.75, 3.05) is 19.7 Å². The smallest absolute Gasteiger partial charge is 0.309 e. The van der Waals surface area contributed by atoms with E-state index in [9.17, 15) is 10.0 Å². The SMILES string of the molecule is CCOC(=O)C1CCN([C@@H]2/C(=N\O)[C@H]3CC[C@H]2C3)CC1. The Morgan fingerprint density at radius 3 is 2.75 bits per heavy atom. The van der Waals surface area contributed by atoms with Gasteiger partial charge in [-0.15, -0.1) is 0 Å². The highest BCUT2D eigenvalue weighted by atomic mass is 16.5. The van der Waals surface area contributed by atoms with Gasteiger partial charge in [0.15, 0.2) is 0 Å². The minimum absolute atomic E-state index is 0.0452. The Morgan fingerprint density at radius 2 is 2.10 bits per heavy atom. The second-order valence-electron chi connectivity index (χ2n) is 6.30. The van der Waals surface area contributed by atoms with E-state index >= 15 is 0 Å². The lowest BCUT2D eigenvalue weighted by molar-refractivity contribution is -0.149. The highest BCUT2D eigenvalue weighted by Gasteiger charge is 2.48. The Hall–Kier alpha value is -1.10. The fourth-order valence-corrected chi connectivity index (χ4v) is 4.35. The molecule has 5 heteroatoms. The number of likely N-dealkylation sites (tertiary alicyclic amines) is 1. The van der Waals surface area contributed by atoms with Crippen LogP contribution in [0.25, 0.3) is 0 Å². The zero-order chi connectivity index (χ0) is 14.1. The van der Waals surface area contributed by atoms with Crippen molar-refractivity contribution in [3.63, 3.8) is 0 Å². The largest absolute Gasteiger partial charge is 0.466 e. The zero-order valence-electron chi connectivity index (χ0n) is 12.1. The fraction of sp³-hybridized carbons (Fsp3) is 0.867. The number of ether oxygens (including phenoxy) is 1. The van der Waals surface area contributed by atoms with Gasteiger partial charge in [0.2, 0.25) is 0 Å². The van der Waals surface area contributed by atoms with Crippen molar-refractivity contribution >= 4 is 11.7 Å². The Labute approximate surface area is 120 Å². The lowest BCUT2D eigenvalue weighted by Gasteiger charge is -2.39. The number of oxime groups is 1. The maximum absolute atomic E-state index is 11.8. The van der Waals surface area contributed by atoms with E-state index in [1.54, 1.807) is 0 Å². The predicted molar refractivity (Wildman–Crippen MR) is 74.8 cm³/mol. The highest BCUT2D eigenvalue weighted by Crippen LogP contribution is 2.45. The van der Waals surface area contributed by atoms with Crippen molar-refractivity contribution < 1.29 is 14.7 Å². The van der Waals surface area contributed by atoms with Gasteiger partial charge in [0.05, 0.1) is 24.3 Å². The minimum Gasteiger partial charge on any atom is -0.466 e. The van der Waals surface area contributed by atoms with Gasteiger partial charge < -0.3 is 9.94 Å². The van der Waals surface area contributed by atoms with E-state index in [1.165, 1.54) is 19.3 Å². The number of carbonyl (C=O) groups is 1. The third-order valence-electron chi connectivity index (χ3n) is 5.30.